The predicted molar refractivity (Wildman–Crippen MR) is 357 cm³/mol. The molecule has 4 atom stereocenters. The molecule has 24 nitrogen and oxygen atoms in total. The number of hydrogen-bond donors (Lipinski definition) is 6. The monoisotopic (exact) mass is 1380 g/mol. The van der Waals surface area contributed by atoms with Crippen LogP contribution in [0.2, 0.25) is 0 Å². The molecule has 10 bridgehead atoms. The molecule has 1 aliphatic heterocycles. The number of amides is 5. The maximum absolute atomic E-state index is 14.5. The van der Waals surface area contributed by atoms with E-state index in [2.05, 4.69) is 21.3 Å². The van der Waals surface area contributed by atoms with Crippen molar-refractivity contribution in [2.24, 2.45) is 11.8 Å². The van der Waals surface area contributed by atoms with Crippen LogP contribution < -0.4 is 26.2 Å². The Bertz CT molecular complexity index is 4320. The van der Waals surface area contributed by atoms with Crippen molar-refractivity contribution in [1.82, 2.24) is 56.2 Å². The van der Waals surface area contributed by atoms with Crippen LogP contribution in [0.5, 0.6) is 0 Å². The van der Waals surface area contributed by atoms with Crippen molar-refractivity contribution in [3.63, 3.8) is 0 Å². The summed E-state index contributed by atoms with van der Waals surface area (Å²) >= 11 is 7.37. The first kappa shape index (κ1) is 66.5. The fraction of sp³-hybridized carbons (Fsp3) is 0.328. The van der Waals surface area contributed by atoms with Gasteiger partial charge in [-0.1, -0.05) is 51.1 Å². The van der Waals surface area contributed by atoms with Gasteiger partial charge in [-0.05, 0) is 80.5 Å². The summed E-state index contributed by atoms with van der Waals surface area (Å²) in [6.07, 6.45) is -0.326. The summed E-state index contributed by atoms with van der Waals surface area (Å²) in [5.74, 6) is -5.84. The number of hydrogen-bond acceptors (Lipinski definition) is 23. The second-order valence-corrected chi connectivity index (χ2v) is 28.5. The molecule has 2 aromatic carbocycles. The highest BCUT2D eigenvalue weighted by Crippen LogP contribution is 2.42. The van der Waals surface area contributed by atoms with Gasteiger partial charge in [0.15, 0.2) is 11.6 Å². The zero-order chi connectivity index (χ0) is 66.5. The Morgan fingerprint density at radius 3 is 2.10 bits per heavy atom. The van der Waals surface area contributed by atoms with E-state index in [-0.39, 0.29) is 71.2 Å². The van der Waals surface area contributed by atoms with E-state index in [4.69, 9.17) is 44.4 Å². The number of aliphatic carboxylic acids is 1. The first-order chi connectivity index (χ1) is 45.2. The average Bonchev–Trinajstić information content (AvgIpc) is 1.73. The van der Waals surface area contributed by atoms with Crippen LogP contribution in [-0.2, 0) is 30.5 Å². The normalized spacial score (nSPS) is 18.3. The van der Waals surface area contributed by atoms with Crippen LogP contribution in [0.3, 0.4) is 0 Å². The third-order valence-electron chi connectivity index (χ3n) is 16.0. The number of anilines is 2. The summed E-state index contributed by atoms with van der Waals surface area (Å²) in [4.78, 5) is 145. The number of thiazole rings is 6. The van der Waals surface area contributed by atoms with Gasteiger partial charge in [0.05, 0.1) is 64.4 Å². The number of carbonyl (C=O) groups is 8. The SMILES string of the molecule is CNC(=O)C[C@@H]1NC(=O)c2csc(n2)-c2ccc(-c3nc(N(C(=O)OC4CCC(C(=O)O)CC4)c4ccc(C(=O)O)cc4)cs3)nc2-c2csc(n2)-c2csc(n2)[C@H]([C@@H](C)c2ccccc2)NC(=O)CNC(=O)c2nc(sc2COC)C(C(C)C)CC(=O)c2nc1sc2C. The lowest BCUT2D eigenvalue weighted by Gasteiger charge is -2.28. The van der Waals surface area contributed by atoms with Gasteiger partial charge < -0.3 is 41.0 Å². The van der Waals surface area contributed by atoms with Crippen LogP contribution in [0.15, 0.2) is 88.3 Å². The van der Waals surface area contributed by atoms with E-state index in [9.17, 15) is 48.6 Å². The lowest BCUT2D eigenvalue weighted by Crippen LogP contribution is -2.40. The average molecular weight is 1380 g/mol. The van der Waals surface area contributed by atoms with E-state index in [0.717, 1.165) is 16.9 Å². The summed E-state index contributed by atoms with van der Waals surface area (Å²) in [7, 11) is 2.97. The highest BCUT2D eigenvalue weighted by molar-refractivity contribution is 7.15. The number of rotatable bonds is 13. The molecule has 1 saturated carbocycles. The zero-order valence-electron chi connectivity index (χ0n) is 51.4. The number of ketones is 1. The summed E-state index contributed by atoms with van der Waals surface area (Å²) < 4.78 is 11.5. The number of aryl methyl sites for hydroxylation is 1. The van der Waals surface area contributed by atoms with Gasteiger partial charge in [-0.25, -0.2) is 49.4 Å². The highest BCUT2D eigenvalue weighted by Gasteiger charge is 2.35. The van der Waals surface area contributed by atoms with E-state index >= 15 is 0 Å². The number of nitrogens with zero attached hydrogens (tertiary/aromatic N) is 8. The van der Waals surface area contributed by atoms with Gasteiger partial charge in [0, 0.05) is 64.4 Å². The highest BCUT2D eigenvalue weighted by atomic mass is 32.1. The van der Waals surface area contributed by atoms with Crippen LogP contribution >= 0.6 is 68.0 Å². The second kappa shape index (κ2) is 29.2. The Labute approximate surface area is 562 Å². The van der Waals surface area contributed by atoms with Crippen molar-refractivity contribution in [3.05, 3.63) is 141 Å². The van der Waals surface area contributed by atoms with Crippen LogP contribution in [-0.4, -0.2) is 119 Å². The number of carboxylic acid groups (broad SMARTS) is 2. The van der Waals surface area contributed by atoms with Crippen molar-refractivity contribution in [2.75, 3.05) is 25.6 Å². The minimum Gasteiger partial charge on any atom is -0.481 e. The Kier molecular flexibility index (Phi) is 20.6. The maximum atomic E-state index is 14.5. The second-order valence-electron chi connectivity index (χ2n) is 22.7. The number of nitrogens with one attached hydrogen (secondary N) is 4. The number of aromatic carboxylic acids is 1. The Morgan fingerprint density at radius 2 is 1.38 bits per heavy atom. The molecule has 0 spiro atoms. The van der Waals surface area contributed by atoms with Gasteiger partial charge in [-0.3, -0.25) is 28.8 Å². The molecule has 94 heavy (non-hydrogen) atoms. The van der Waals surface area contributed by atoms with Crippen molar-refractivity contribution < 1.29 is 58.0 Å². The van der Waals surface area contributed by atoms with Gasteiger partial charge >= 0.3 is 18.0 Å². The summed E-state index contributed by atoms with van der Waals surface area (Å²) in [5.41, 5.74) is 3.46. The molecule has 11 rings (SSSR count). The molecule has 0 saturated heterocycles. The van der Waals surface area contributed by atoms with Crippen LogP contribution in [0, 0.1) is 18.8 Å². The molecule has 1 fully saturated rings. The molecule has 486 valence electrons. The molecule has 6 N–H and O–H groups in total. The quantitative estimate of drug-likeness (QED) is 0.0624. The van der Waals surface area contributed by atoms with Crippen LogP contribution in [0.1, 0.15) is 155 Å². The number of fused-ring (bicyclic) bond motifs is 14. The van der Waals surface area contributed by atoms with Gasteiger partial charge in [0.2, 0.25) is 11.8 Å². The predicted octanol–water partition coefficient (Wildman–Crippen LogP) is 11.9. The third-order valence-corrected chi connectivity index (χ3v) is 21.8. The first-order valence-corrected chi connectivity index (χ1v) is 34.9. The van der Waals surface area contributed by atoms with Crippen LogP contribution in [0.4, 0.5) is 16.3 Å². The Hall–Kier alpha value is -8.91. The largest absolute Gasteiger partial charge is 0.481 e. The zero-order valence-corrected chi connectivity index (χ0v) is 56.3. The van der Waals surface area contributed by atoms with Crippen molar-refractivity contribution >= 4 is 127 Å². The number of carbonyl (C=O) groups excluding carboxylic acids is 6. The number of pyridine rings is 1. The molecular weight excluding hydrogens is 1320 g/mol. The molecule has 8 heterocycles. The number of methoxy groups -OCH3 is 1. The summed E-state index contributed by atoms with van der Waals surface area (Å²) in [5, 5.41) is 40.3. The Balaban J connectivity index is 0.987. The molecular formula is C64H62N12O12S6. The fourth-order valence-corrected chi connectivity index (χ4v) is 16.5. The third kappa shape index (κ3) is 14.9. The number of aromatic nitrogens is 7. The number of carboxylic acids is 2. The smallest absolute Gasteiger partial charge is 0.420 e. The molecule has 2 aliphatic rings. The van der Waals surface area contributed by atoms with E-state index in [1.165, 1.54) is 100 Å². The lowest BCUT2D eigenvalue weighted by molar-refractivity contribution is -0.143. The van der Waals surface area contributed by atoms with Gasteiger partial charge in [-0.2, -0.15) is 0 Å². The van der Waals surface area contributed by atoms with Gasteiger partial charge in [0.25, 0.3) is 11.8 Å². The minimum absolute atomic E-state index is 0.0118. The van der Waals surface area contributed by atoms with Crippen molar-refractivity contribution in [2.45, 2.75) is 103 Å². The number of Topliss-reactive ketones (excluding diaryl/α,β-unsaturated/α-hetero) is 1. The number of ether oxygens (including phenoxy) is 2. The molecule has 7 aromatic heterocycles. The molecule has 1 aliphatic carbocycles. The van der Waals surface area contributed by atoms with Gasteiger partial charge in [-0.15, -0.1) is 68.0 Å². The summed E-state index contributed by atoms with van der Waals surface area (Å²) in [6.45, 7) is 7.26. The molecule has 5 amide bonds. The van der Waals surface area contributed by atoms with E-state index in [1.54, 1.807) is 35.2 Å². The van der Waals surface area contributed by atoms with Crippen LogP contribution in [0.25, 0.3) is 43.4 Å². The molecule has 9 aromatic rings. The molecule has 0 radical (unpaired) electrons. The number of benzene rings is 2. The fourth-order valence-electron chi connectivity index (χ4n) is 10.9. The molecule has 1 unspecified atom stereocenters. The standard InChI is InChI=1S/C64H62N12O12S6/c1-30(2)39-22-45(77)51-32(4)93-60(74-51)41(23-48(78)65-5)68-54(80)43-27-89-56(70-43)38-20-21-40(58-72-47(29-92-58)76(36-16-12-34(13-17-36)62(82)83)64(86)88-37-18-14-35(15-19-37)63(84)85)67-52(38)42-26-90-59(69-42)44-28-91-61(71-44)50(31(3)33-10-8-7-9-11-33)73-49(79)24-66-55(81)53-46(25-87-6)94-57(39)75-53/h7-13,16-17,20-21,26-31,35,37,39,41,50H,14-15,18-19,22-25H2,1-6H3,(H,65,78)(H,66,81)(H,68,80)(H,73,79)(H,82,83)(H,84,85)/t31-,35?,37?,39?,41-,50-/m0/s1. The topological polar surface area (TPSA) is 337 Å². The Morgan fingerprint density at radius 1 is 0.691 bits per heavy atom. The van der Waals surface area contributed by atoms with Gasteiger partial charge in [0.1, 0.15) is 65.3 Å². The summed E-state index contributed by atoms with van der Waals surface area (Å²) in [6, 6.07) is 17.1. The van der Waals surface area contributed by atoms with Crippen molar-refractivity contribution in [1.29, 1.82) is 0 Å². The maximum Gasteiger partial charge on any atom is 0.420 e. The first-order valence-electron chi connectivity index (χ1n) is 29.8. The minimum atomic E-state index is -1.17. The molecule has 30 heteroatoms. The van der Waals surface area contributed by atoms with E-state index in [0.29, 0.717) is 93.8 Å². The van der Waals surface area contributed by atoms with E-state index < -0.39 is 78.2 Å². The van der Waals surface area contributed by atoms with Crippen molar-refractivity contribution in [3.8, 4) is 43.4 Å². The van der Waals surface area contributed by atoms with E-state index in [1.807, 2.05) is 56.5 Å². The lowest BCUT2D eigenvalue weighted by atomic mass is 9.87.